The first kappa shape index (κ1) is 17.5. The van der Waals surface area contributed by atoms with Crippen molar-refractivity contribution in [3.8, 4) is 5.75 Å². The zero-order valence-corrected chi connectivity index (χ0v) is 14.4. The highest BCUT2D eigenvalue weighted by atomic mass is 35.5. The van der Waals surface area contributed by atoms with Gasteiger partial charge in [0, 0.05) is 23.6 Å². The summed E-state index contributed by atoms with van der Waals surface area (Å²) >= 11 is 5.93. The van der Waals surface area contributed by atoms with Crippen LogP contribution in [0.4, 0.5) is 0 Å². The largest absolute Gasteiger partial charge is 0.484 e. The van der Waals surface area contributed by atoms with Crippen LogP contribution in [0.15, 0.2) is 23.3 Å². The summed E-state index contributed by atoms with van der Waals surface area (Å²) in [5.41, 5.74) is 3.94. The molecular formula is C17H21ClN2O3. The maximum atomic E-state index is 11.8. The third kappa shape index (κ3) is 5.36. The summed E-state index contributed by atoms with van der Waals surface area (Å²) < 4.78 is 5.40. The topological polar surface area (TPSA) is 67.8 Å². The molecule has 0 aliphatic heterocycles. The summed E-state index contributed by atoms with van der Waals surface area (Å²) in [4.78, 5) is 23.5. The van der Waals surface area contributed by atoms with Crippen molar-refractivity contribution in [3.05, 3.63) is 28.8 Å². The maximum Gasteiger partial charge on any atom is 0.277 e. The van der Waals surface area contributed by atoms with E-state index < -0.39 is 0 Å². The Morgan fingerprint density at radius 3 is 2.78 bits per heavy atom. The molecule has 0 radical (unpaired) electrons. The lowest BCUT2D eigenvalue weighted by molar-refractivity contribution is -0.123. The van der Waals surface area contributed by atoms with Gasteiger partial charge in [0.25, 0.3) is 5.91 Å². The summed E-state index contributed by atoms with van der Waals surface area (Å²) in [5, 5.41) is 4.72. The Bertz CT molecular complexity index is 653. The van der Waals surface area contributed by atoms with Crippen molar-refractivity contribution >= 4 is 29.0 Å². The molecule has 1 aromatic rings. The van der Waals surface area contributed by atoms with E-state index in [1.165, 1.54) is 0 Å². The summed E-state index contributed by atoms with van der Waals surface area (Å²) in [6, 6.07) is 5.20. The number of halogens is 1. The summed E-state index contributed by atoms with van der Waals surface area (Å²) in [5.74, 6) is 0.367. The molecule has 0 saturated heterocycles. The van der Waals surface area contributed by atoms with Crippen LogP contribution < -0.4 is 10.2 Å². The molecule has 2 rings (SSSR count). The first-order valence-corrected chi connectivity index (χ1v) is 7.88. The molecule has 1 aliphatic rings. The normalized spacial score (nSPS) is 18.8. The van der Waals surface area contributed by atoms with Crippen LogP contribution in [-0.2, 0) is 9.59 Å². The second-order valence-electron chi connectivity index (χ2n) is 6.65. The van der Waals surface area contributed by atoms with E-state index in [0.29, 0.717) is 35.7 Å². The van der Waals surface area contributed by atoms with Crippen LogP contribution in [0.3, 0.4) is 0 Å². The van der Waals surface area contributed by atoms with Crippen LogP contribution in [0.2, 0.25) is 5.02 Å². The standard InChI is InChI=1S/C17H21ClN2O3/c1-11-6-14(4-5-15(11)18)23-10-16(22)20-19-12-7-13(21)9-17(2,3)8-12/h4-6H,7-10H2,1-3H3,(H,20,22)/b19-12-. The van der Waals surface area contributed by atoms with E-state index in [9.17, 15) is 9.59 Å². The van der Waals surface area contributed by atoms with Gasteiger partial charge in [0.2, 0.25) is 0 Å². The zero-order chi connectivity index (χ0) is 17.0. The average molecular weight is 337 g/mol. The van der Waals surface area contributed by atoms with Gasteiger partial charge in [-0.2, -0.15) is 5.10 Å². The number of carbonyl (C=O) groups is 2. The first-order chi connectivity index (χ1) is 10.7. The number of aryl methyl sites for hydroxylation is 1. The van der Waals surface area contributed by atoms with E-state index >= 15 is 0 Å². The smallest absolute Gasteiger partial charge is 0.277 e. The van der Waals surface area contributed by atoms with Crippen LogP contribution >= 0.6 is 11.6 Å². The molecule has 0 heterocycles. The molecule has 0 spiro atoms. The number of benzene rings is 1. The molecule has 23 heavy (non-hydrogen) atoms. The van der Waals surface area contributed by atoms with Crippen molar-refractivity contribution in [3.63, 3.8) is 0 Å². The van der Waals surface area contributed by atoms with E-state index in [1.807, 2.05) is 20.8 Å². The van der Waals surface area contributed by atoms with E-state index in [-0.39, 0.29) is 23.7 Å². The Balaban J connectivity index is 1.86. The molecule has 1 N–H and O–H groups in total. The molecule has 0 unspecified atom stereocenters. The monoisotopic (exact) mass is 336 g/mol. The molecule has 1 fully saturated rings. The fourth-order valence-electron chi connectivity index (χ4n) is 2.61. The van der Waals surface area contributed by atoms with Crippen molar-refractivity contribution in [2.24, 2.45) is 10.5 Å². The van der Waals surface area contributed by atoms with E-state index in [4.69, 9.17) is 16.3 Å². The number of rotatable bonds is 4. The number of nitrogens with one attached hydrogen (secondary N) is 1. The molecular weight excluding hydrogens is 316 g/mol. The second-order valence-corrected chi connectivity index (χ2v) is 7.05. The fraction of sp³-hybridized carbons (Fsp3) is 0.471. The molecule has 124 valence electrons. The van der Waals surface area contributed by atoms with Gasteiger partial charge in [-0.25, -0.2) is 5.43 Å². The van der Waals surface area contributed by atoms with Gasteiger partial charge in [-0.05, 0) is 42.5 Å². The van der Waals surface area contributed by atoms with Crippen LogP contribution in [0, 0.1) is 12.3 Å². The minimum atomic E-state index is -0.360. The van der Waals surface area contributed by atoms with Crippen LogP contribution in [0.25, 0.3) is 0 Å². The SMILES string of the molecule is Cc1cc(OCC(=O)N/N=C2/CC(=O)CC(C)(C)C2)ccc1Cl. The van der Waals surface area contributed by atoms with Gasteiger partial charge in [-0.1, -0.05) is 25.4 Å². The van der Waals surface area contributed by atoms with Crippen molar-refractivity contribution in [2.45, 2.75) is 40.0 Å². The Morgan fingerprint density at radius 1 is 1.39 bits per heavy atom. The number of Topliss-reactive ketones (excluding diaryl/α,β-unsaturated/α-hetero) is 1. The van der Waals surface area contributed by atoms with Crippen molar-refractivity contribution in [1.82, 2.24) is 5.43 Å². The summed E-state index contributed by atoms with van der Waals surface area (Å²) in [6.45, 7) is 5.76. The van der Waals surface area contributed by atoms with Gasteiger partial charge in [0.05, 0.1) is 0 Å². The fourth-order valence-corrected chi connectivity index (χ4v) is 2.73. The predicted octanol–water partition coefficient (Wildman–Crippen LogP) is 3.28. The van der Waals surface area contributed by atoms with Gasteiger partial charge < -0.3 is 4.74 Å². The van der Waals surface area contributed by atoms with Crippen molar-refractivity contribution < 1.29 is 14.3 Å². The Hall–Kier alpha value is -1.88. The lowest BCUT2D eigenvalue weighted by Crippen LogP contribution is -2.32. The minimum absolute atomic E-state index is 0.101. The van der Waals surface area contributed by atoms with E-state index in [1.54, 1.807) is 18.2 Å². The number of nitrogens with zero attached hydrogens (tertiary/aromatic N) is 1. The summed E-state index contributed by atoms with van der Waals surface area (Å²) in [6.07, 6.45) is 1.57. The molecule has 1 aromatic carbocycles. The molecule has 0 aromatic heterocycles. The first-order valence-electron chi connectivity index (χ1n) is 7.50. The van der Waals surface area contributed by atoms with Crippen molar-refractivity contribution in [1.29, 1.82) is 0 Å². The maximum absolute atomic E-state index is 11.8. The van der Waals surface area contributed by atoms with E-state index in [0.717, 1.165) is 5.56 Å². The predicted molar refractivity (Wildman–Crippen MR) is 89.9 cm³/mol. The van der Waals surface area contributed by atoms with Crippen LogP contribution in [-0.4, -0.2) is 24.0 Å². The molecule has 5 nitrogen and oxygen atoms in total. The van der Waals surface area contributed by atoms with Gasteiger partial charge in [-0.15, -0.1) is 0 Å². The molecule has 6 heteroatoms. The third-order valence-corrected chi connectivity index (χ3v) is 4.02. The van der Waals surface area contributed by atoms with Gasteiger partial charge >= 0.3 is 0 Å². The molecule has 0 bridgehead atoms. The molecule has 1 saturated carbocycles. The second kappa shape index (κ2) is 7.13. The number of carbonyl (C=O) groups excluding carboxylic acids is 2. The van der Waals surface area contributed by atoms with Crippen LogP contribution in [0.5, 0.6) is 5.75 Å². The van der Waals surface area contributed by atoms with Gasteiger partial charge in [0.15, 0.2) is 6.61 Å². The number of hydrogen-bond donors (Lipinski definition) is 1. The van der Waals surface area contributed by atoms with Gasteiger partial charge in [-0.3, -0.25) is 9.59 Å². The quantitative estimate of drug-likeness (QED) is 0.858. The number of ketones is 1. The Morgan fingerprint density at radius 2 is 2.13 bits per heavy atom. The number of amides is 1. The highest BCUT2D eigenvalue weighted by Crippen LogP contribution is 2.31. The zero-order valence-electron chi connectivity index (χ0n) is 13.6. The number of hydrazone groups is 1. The van der Waals surface area contributed by atoms with Crippen LogP contribution in [0.1, 0.15) is 38.7 Å². The molecule has 1 amide bonds. The highest BCUT2D eigenvalue weighted by Gasteiger charge is 2.30. The Kier molecular flexibility index (Phi) is 5.42. The minimum Gasteiger partial charge on any atom is -0.484 e. The highest BCUT2D eigenvalue weighted by molar-refractivity contribution is 6.31. The number of ether oxygens (including phenoxy) is 1. The Labute approximate surface area is 141 Å². The number of hydrogen-bond acceptors (Lipinski definition) is 4. The van der Waals surface area contributed by atoms with Gasteiger partial charge in [0.1, 0.15) is 11.5 Å². The third-order valence-electron chi connectivity index (χ3n) is 3.60. The van der Waals surface area contributed by atoms with Crippen molar-refractivity contribution in [2.75, 3.05) is 6.61 Å². The average Bonchev–Trinajstić information content (AvgIpc) is 2.44. The molecule has 1 aliphatic carbocycles. The summed E-state index contributed by atoms with van der Waals surface area (Å²) in [7, 11) is 0. The lowest BCUT2D eigenvalue weighted by atomic mass is 9.76. The lowest BCUT2D eigenvalue weighted by Gasteiger charge is -2.28. The molecule has 0 atom stereocenters. The van der Waals surface area contributed by atoms with E-state index in [2.05, 4.69) is 10.5 Å².